The van der Waals surface area contributed by atoms with Crippen LogP contribution in [0.4, 0.5) is 18.9 Å². The number of amides is 1. The average molecular weight is 536 g/mol. The van der Waals surface area contributed by atoms with Crippen LogP contribution in [0.3, 0.4) is 0 Å². The Morgan fingerprint density at radius 3 is 2.41 bits per heavy atom. The summed E-state index contributed by atoms with van der Waals surface area (Å²) < 4.78 is 42.2. The van der Waals surface area contributed by atoms with E-state index >= 15 is 0 Å². The Balaban J connectivity index is 1.83. The molecular weight excluding hydrogens is 517 g/mol. The van der Waals surface area contributed by atoms with Crippen LogP contribution >= 0.6 is 31.9 Å². The zero-order chi connectivity index (χ0) is 21.4. The molecule has 0 spiro atoms. The fourth-order valence-corrected chi connectivity index (χ4v) is 4.81. The Bertz CT molecular complexity index is 916. The van der Waals surface area contributed by atoms with Crippen LogP contribution in [0.2, 0.25) is 0 Å². The van der Waals surface area contributed by atoms with Crippen molar-refractivity contribution in [2.24, 2.45) is 0 Å². The van der Waals surface area contributed by atoms with Crippen molar-refractivity contribution in [2.45, 2.75) is 37.6 Å². The number of carbonyl (C=O) groups is 1. The van der Waals surface area contributed by atoms with Gasteiger partial charge in [-0.1, -0.05) is 37.9 Å². The summed E-state index contributed by atoms with van der Waals surface area (Å²) in [7, 11) is 0. The molecule has 0 radical (unpaired) electrons. The molecule has 0 saturated heterocycles. The minimum atomic E-state index is -4.88. The minimum absolute atomic E-state index is 0.0809. The summed E-state index contributed by atoms with van der Waals surface area (Å²) in [5, 5.41) is 16.2. The van der Waals surface area contributed by atoms with Crippen molar-refractivity contribution in [3.63, 3.8) is 0 Å². The number of benzene rings is 2. The molecule has 0 unspecified atom stereocenters. The summed E-state index contributed by atoms with van der Waals surface area (Å²) in [6, 6.07) is 9.24. The van der Waals surface area contributed by atoms with Crippen molar-refractivity contribution in [1.82, 2.24) is 5.32 Å². The number of hydrogen-bond acceptors (Lipinski definition) is 3. The molecule has 2 atom stereocenters. The predicted octanol–water partition coefficient (Wildman–Crippen LogP) is 5.20. The average Bonchev–Trinajstić information content (AvgIpc) is 2.99. The lowest BCUT2D eigenvalue weighted by Gasteiger charge is -2.32. The summed E-state index contributed by atoms with van der Waals surface area (Å²) in [6.07, 6.45) is -3.41. The van der Waals surface area contributed by atoms with Crippen LogP contribution in [0.5, 0.6) is 0 Å². The van der Waals surface area contributed by atoms with E-state index in [9.17, 15) is 23.1 Å². The number of anilines is 1. The van der Waals surface area contributed by atoms with Gasteiger partial charge >= 0.3 is 6.18 Å². The number of carbonyl (C=O) groups excluding carboxylic acids is 1. The number of halogens is 5. The minimum Gasteiger partial charge on any atom is -0.381 e. The molecule has 1 amide bonds. The molecule has 0 heterocycles. The van der Waals surface area contributed by atoms with Crippen LogP contribution in [0.1, 0.15) is 36.1 Å². The molecule has 2 aromatic carbocycles. The molecule has 4 nitrogen and oxygen atoms in total. The molecule has 156 valence electrons. The number of rotatable bonds is 5. The second kappa shape index (κ2) is 8.28. The molecule has 9 heteroatoms. The van der Waals surface area contributed by atoms with E-state index in [0.29, 0.717) is 14.6 Å². The largest absolute Gasteiger partial charge is 0.423 e. The first-order chi connectivity index (χ1) is 13.5. The highest BCUT2D eigenvalue weighted by Crippen LogP contribution is 2.41. The van der Waals surface area contributed by atoms with Crippen molar-refractivity contribution in [2.75, 3.05) is 11.9 Å². The second-order valence-electron chi connectivity index (χ2n) is 7.08. The fourth-order valence-electron chi connectivity index (χ4n) is 3.51. The maximum Gasteiger partial charge on any atom is 0.423 e. The normalized spacial score (nSPS) is 18.1. The molecule has 2 aromatic rings. The summed E-state index contributed by atoms with van der Waals surface area (Å²) in [6.45, 7) is 0.708. The zero-order valence-electron chi connectivity index (χ0n) is 15.4. The van der Waals surface area contributed by atoms with Crippen LogP contribution in [0.25, 0.3) is 0 Å². The maximum absolute atomic E-state index is 13.8. The summed E-state index contributed by atoms with van der Waals surface area (Å²) in [4.78, 5) is 11.3. The standard InChI is InChI=1S/C20H19Br2F3N2O2/c1-11(28)27-18-5-2-12-6-16(3-4-17(12)18)26-10-19(29,20(23,24)25)13-7-14(21)9-15(22)8-13/h3-4,6-9,18,26,29H,2,5,10H2,1H3,(H,27,28)/t18-,19-/m1/s1. The van der Waals surface area contributed by atoms with Gasteiger partial charge in [0, 0.05) is 21.6 Å². The molecule has 1 aliphatic rings. The number of fused-ring (bicyclic) bond motifs is 1. The van der Waals surface area contributed by atoms with Crippen molar-refractivity contribution < 1.29 is 23.1 Å². The zero-order valence-corrected chi connectivity index (χ0v) is 18.6. The van der Waals surface area contributed by atoms with Gasteiger partial charge in [0.05, 0.1) is 12.6 Å². The lowest BCUT2D eigenvalue weighted by molar-refractivity contribution is -0.260. The maximum atomic E-state index is 13.8. The SMILES string of the molecule is CC(=O)N[C@@H]1CCc2cc(NC[C@@](O)(c3cc(Br)cc(Br)c3)C(F)(F)F)ccc21. The number of aliphatic hydroxyl groups is 1. The van der Waals surface area contributed by atoms with Crippen LogP contribution in [0, 0.1) is 0 Å². The molecule has 0 aromatic heterocycles. The number of nitrogens with one attached hydrogen (secondary N) is 2. The predicted molar refractivity (Wildman–Crippen MR) is 112 cm³/mol. The first-order valence-corrected chi connectivity index (χ1v) is 10.5. The molecule has 0 bridgehead atoms. The topological polar surface area (TPSA) is 61.4 Å². The van der Waals surface area contributed by atoms with E-state index in [2.05, 4.69) is 42.5 Å². The molecule has 29 heavy (non-hydrogen) atoms. The highest BCUT2D eigenvalue weighted by atomic mass is 79.9. The van der Waals surface area contributed by atoms with Gasteiger partial charge in [-0.25, -0.2) is 0 Å². The number of alkyl halides is 3. The highest BCUT2D eigenvalue weighted by molar-refractivity contribution is 9.11. The summed E-state index contributed by atoms with van der Waals surface area (Å²) in [5.41, 5.74) is -0.936. The van der Waals surface area contributed by atoms with Crippen LogP contribution < -0.4 is 10.6 Å². The lowest BCUT2D eigenvalue weighted by Crippen LogP contribution is -2.47. The van der Waals surface area contributed by atoms with Gasteiger partial charge in [-0.05, 0) is 59.9 Å². The van der Waals surface area contributed by atoms with Crippen molar-refractivity contribution in [3.05, 3.63) is 62.0 Å². The van der Waals surface area contributed by atoms with E-state index in [1.807, 2.05) is 0 Å². The first-order valence-electron chi connectivity index (χ1n) is 8.89. The molecule has 0 fully saturated rings. The van der Waals surface area contributed by atoms with E-state index < -0.39 is 18.3 Å². The number of aryl methyl sites for hydroxylation is 1. The molecule has 0 aliphatic heterocycles. The Hall–Kier alpha value is -1.58. The molecule has 1 aliphatic carbocycles. The molecular formula is C20H19Br2F3N2O2. The van der Waals surface area contributed by atoms with E-state index in [4.69, 9.17) is 0 Å². The van der Waals surface area contributed by atoms with Crippen LogP contribution in [-0.4, -0.2) is 23.7 Å². The van der Waals surface area contributed by atoms with E-state index in [-0.39, 0.29) is 17.5 Å². The van der Waals surface area contributed by atoms with Crippen LogP contribution in [-0.2, 0) is 16.8 Å². The fraction of sp³-hybridized carbons (Fsp3) is 0.350. The van der Waals surface area contributed by atoms with E-state index in [1.54, 1.807) is 24.3 Å². The van der Waals surface area contributed by atoms with Crippen molar-refractivity contribution in [3.8, 4) is 0 Å². The summed E-state index contributed by atoms with van der Waals surface area (Å²) in [5.74, 6) is -0.125. The molecule has 3 N–H and O–H groups in total. The van der Waals surface area contributed by atoms with Gasteiger partial charge < -0.3 is 15.7 Å². The Kier molecular flexibility index (Phi) is 6.31. The third-order valence-corrected chi connectivity index (χ3v) is 5.87. The van der Waals surface area contributed by atoms with E-state index in [1.165, 1.54) is 19.1 Å². The Morgan fingerprint density at radius 1 is 1.17 bits per heavy atom. The van der Waals surface area contributed by atoms with Gasteiger partial charge in [-0.3, -0.25) is 4.79 Å². The third-order valence-electron chi connectivity index (χ3n) is 4.96. The first kappa shape index (κ1) is 22.1. The quantitative estimate of drug-likeness (QED) is 0.493. The van der Waals surface area contributed by atoms with Gasteiger partial charge in [0.15, 0.2) is 0 Å². The molecule has 0 saturated carbocycles. The smallest absolute Gasteiger partial charge is 0.381 e. The Labute approximate surface area is 183 Å². The highest BCUT2D eigenvalue weighted by Gasteiger charge is 2.55. The summed E-state index contributed by atoms with van der Waals surface area (Å²) >= 11 is 6.33. The van der Waals surface area contributed by atoms with Gasteiger partial charge in [0.2, 0.25) is 11.5 Å². The van der Waals surface area contributed by atoms with Gasteiger partial charge in [0.25, 0.3) is 0 Å². The Morgan fingerprint density at radius 2 is 1.83 bits per heavy atom. The van der Waals surface area contributed by atoms with Gasteiger partial charge in [0.1, 0.15) is 0 Å². The van der Waals surface area contributed by atoms with Crippen molar-refractivity contribution >= 4 is 43.5 Å². The van der Waals surface area contributed by atoms with Gasteiger partial charge in [-0.2, -0.15) is 13.2 Å². The number of hydrogen-bond donors (Lipinski definition) is 3. The van der Waals surface area contributed by atoms with Crippen LogP contribution in [0.15, 0.2) is 45.3 Å². The lowest BCUT2D eigenvalue weighted by atomic mass is 9.92. The van der Waals surface area contributed by atoms with Crippen molar-refractivity contribution in [1.29, 1.82) is 0 Å². The third kappa shape index (κ3) is 4.78. The monoisotopic (exact) mass is 534 g/mol. The van der Waals surface area contributed by atoms with Gasteiger partial charge in [-0.15, -0.1) is 0 Å². The second-order valence-corrected chi connectivity index (χ2v) is 8.91. The molecule has 3 rings (SSSR count). The van der Waals surface area contributed by atoms with E-state index in [0.717, 1.165) is 24.0 Å².